The smallest absolute Gasteiger partial charge is 0.321 e. The Bertz CT molecular complexity index is 1370. The van der Waals surface area contributed by atoms with Crippen LogP contribution in [0.15, 0.2) is 84.9 Å². The van der Waals surface area contributed by atoms with Crippen LogP contribution in [0.3, 0.4) is 0 Å². The van der Waals surface area contributed by atoms with Crippen molar-refractivity contribution >= 4 is 11.6 Å². The summed E-state index contributed by atoms with van der Waals surface area (Å²) in [6.07, 6.45) is 3.64. The van der Waals surface area contributed by atoms with E-state index in [-0.39, 0.29) is 30.2 Å². The van der Waals surface area contributed by atoms with Gasteiger partial charge in [-0.25, -0.2) is 18.0 Å². The Balaban J connectivity index is 1.42. The molecule has 3 aromatic carbocycles. The lowest BCUT2D eigenvalue weighted by molar-refractivity contribution is 0.0741. The number of carbonyl (C=O) groups excluding carboxylic acids is 1. The van der Waals surface area contributed by atoms with Crippen molar-refractivity contribution < 1.29 is 23.1 Å². The molecule has 0 radical (unpaired) electrons. The molecular formula is C33H36F3N3O2. The first kappa shape index (κ1) is 28.9. The molecule has 0 saturated carbocycles. The zero-order valence-corrected chi connectivity index (χ0v) is 23.2. The predicted octanol–water partition coefficient (Wildman–Crippen LogP) is 6.00. The topological polar surface area (TPSA) is 47.0 Å². The molecule has 2 aliphatic rings. The molecule has 0 spiro atoms. The number of aliphatic hydroxyl groups is 1. The fourth-order valence-corrected chi connectivity index (χ4v) is 6.23. The average molecular weight is 564 g/mol. The summed E-state index contributed by atoms with van der Waals surface area (Å²) in [5, 5.41) is 10.8. The lowest BCUT2D eigenvalue weighted by atomic mass is 9.89. The zero-order valence-electron chi connectivity index (χ0n) is 23.2. The number of rotatable bonds is 7. The van der Waals surface area contributed by atoms with Gasteiger partial charge in [-0.1, -0.05) is 60.7 Å². The van der Waals surface area contributed by atoms with E-state index in [2.05, 4.69) is 4.90 Å². The van der Waals surface area contributed by atoms with Gasteiger partial charge in [-0.3, -0.25) is 4.90 Å². The van der Waals surface area contributed by atoms with E-state index < -0.39 is 30.5 Å². The van der Waals surface area contributed by atoms with Crippen LogP contribution in [0.2, 0.25) is 0 Å². The maximum Gasteiger partial charge on any atom is 0.321 e. The predicted molar refractivity (Wildman–Crippen MR) is 154 cm³/mol. The highest BCUT2D eigenvalue weighted by molar-refractivity contribution is 5.83. The number of nitrogens with zero attached hydrogens (tertiary/aromatic N) is 3. The molecular weight excluding hydrogens is 527 g/mol. The van der Waals surface area contributed by atoms with Crippen LogP contribution < -0.4 is 0 Å². The molecule has 41 heavy (non-hydrogen) atoms. The number of hydrogen-bond donors (Lipinski definition) is 1. The lowest BCUT2D eigenvalue weighted by Gasteiger charge is -2.41. The molecule has 1 saturated heterocycles. The van der Waals surface area contributed by atoms with Gasteiger partial charge in [0.25, 0.3) is 0 Å². The molecule has 3 aromatic rings. The molecule has 2 amide bonds. The number of benzene rings is 3. The first-order valence-electron chi connectivity index (χ1n) is 14.1. The van der Waals surface area contributed by atoms with Gasteiger partial charge in [-0.15, -0.1) is 0 Å². The fourth-order valence-electron chi connectivity index (χ4n) is 6.23. The summed E-state index contributed by atoms with van der Waals surface area (Å²) in [6, 6.07) is 21.3. The summed E-state index contributed by atoms with van der Waals surface area (Å²) in [6.45, 7) is 0.378. The molecule has 0 aromatic heterocycles. The SMILES string of the molecule is CN(C(=O)N1CC(c2cc(F)ccc2F)=C[C@@]1(CO)c1ccccc1)C1CCCN(Cc2ccccc2)C(CF)C1. The van der Waals surface area contributed by atoms with Crippen molar-refractivity contribution in [2.24, 2.45) is 0 Å². The molecule has 2 aliphatic heterocycles. The van der Waals surface area contributed by atoms with Crippen molar-refractivity contribution in [1.82, 2.24) is 14.7 Å². The summed E-state index contributed by atoms with van der Waals surface area (Å²) in [5.74, 6) is -1.19. The number of carbonyl (C=O) groups is 1. The highest BCUT2D eigenvalue weighted by atomic mass is 19.1. The molecule has 5 rings (SSSR count). The van der Waals surface area contributed by atoms with E-state index >= 15 is 0 Å². The van der Waals surface area contributed by atoms with Crippen molar-refractivity contribution in [3.8, 4) is 0 Å². The fraction of sp³-hybridized carbons (Fsp3) is 0.364. The quantitative estimate of drug-likeness (QED) is 0.384. The van der Waals surface area contributed by atoms with Crippen molar-refractivity contribution in [3.05, 3.63) is 113 Å². The molecule has 1 fully saturated rings. The van der Waals surface area contributed by atoms with Crippen LogP contribution in [0, 0.1) is 11.6 Å². The number of aliphatic hydroxyl groups excluding tert-OH is 1. The third-order valence-electron chi connectivity index (χ3n) is 8.54. The van der Waals surface area contributed by atoms with Crippen molar-refractivity contribution in [3.63, 3.8) is 0 Å². The Morgan fingerprint density at radius 3 is 2.44 bits per heavy atom. The molecule has 5 nitrogen and oxygen atoms in total. The average Bonchev–Trinajstić information content (AvgIpc) is 3.29. The minimum Gasteiger partial charge on any atom is -0.393 e. The second-order valence-corrected chi connectivity index (χ2v) is 11.0. The van der Waals surface area contributed by atoms with Crippen molar-refractivity contribution in [2.75, 3.05) is 33.4 Å². The summed E-state index contributed by atoms with van der Waals surface area (Å²) >= 11 is 0. The highest BCUT2D eigenvalue weighted by Gasteiger charge is 2.46. The van der Waals surface area contributed by atoms with Crippen molar-refractivity contribution in [2.45, 2.75) is 43.4 Å². The van der Waals surface area contributed by atoms with E-state index in [4.69, 9.17) is 0 Å². The van der Waals surface area contributed by atoms with E-state index in [1.54, 1.807) is 18.0 Å². The first-order chi connectivity index (χ1) is 19.9. The maximum atomic E-state index is 14.9. The van der Waals surface area contributed by atoms with Gasteiger partial charge in [0.05, 0.1) is 6.61 Å². The maximum absolute atomic E-state index is 14.9. The molecule has 216 valence electrons. The van der Waals surface area contributed by atoms with Gasteiger partial charge in [0.2, 0.25) is 0 Å². The second kappa shape index (κ2) is 12.5. The van der Waals surface area contributed by atoms with Crippen LogP contribution >= 0.6 is 0 Å². The van der Waals surface area contributed by atoms with Crippen LogP contribution in [-0.4, -0.2) is 71.3 Å². The summed E-state index contributed by atoms with van der Waals surface area (Å²) in [5.41, 5.74) is 0.972. The van der Waals surface area contributed by atoms with Crippen LogP contribution in [0.25, 0.3) is 5.57 Å². The number of alkyl halides is 1. The molecule has 0 bridgehead atoms. The molecule has 3 atom stereocenters. The molecule has 8 heteroatoms. The van der Waals surface area contributed by atoms with Crippen LogP contribution in [0.4, 0.5) is 18.0 Å². The molecule has 0 aliphatic carbocycles. The van der Waals surface area contributed by atoms with Gasteiger partial charge < -0.3 is 14.9 Å². The van der Waals surface area contributed by atoms with Crippen LogP contribution in [0.5, 0.6) is 0 Å². The van der Waals surface area contributed by atoms with Crippen LogP contribution in [-0.2, 0) is 12.1 Å². The Morgan fingerprint density at radius 2 is 1.76 bits per heavy atom. The van der Waals surface area contributed by atoms with Crippen molar-refractivity contribution in [1.29, 1.82) is 0 Å². The summed E-state index contributed by atoms with van der Waals surface area (Å²) in [4.78, 5) is 19.6. The minimum absolute atomic E-state index is 0.0155. The molecule has 2 unspecified atom stereocenters. The van der Waals surface area contributed by atoms with Gasteiger partial charge in [0, 0.05) is 37.8 Å². The second-order valence-electron chi connectivity index (χ2n) is 11.0. The van der Waals surface area contributed by atoms with Gasteiger partial charge in [0.15, 0.2) is 0 Å². The number of halogens is 3. The van der Waals surface area contributed by atoms with Gasteiger partial charge in [-0.05, 0) is 66.8 Å². The van der Waals surface area contributed by atoms with Gasteiger partial charge >= 0.3 is 6.03 Å². The Kier molecular flexibility index (Phi) is 8.80. The van der Waals surface area contributed by atoms with Crippen LogP contribution in [0.1, 0.15) is 36.0 Å². The Morgan fingerprint density at radius 1 is 1.05 bits per heavy atom. The largest absolute Gasteiger partial charge is 0.393 e. The summed E-state index contributed by atoms with van der Waals surface area (Å²) < 4.78 is 43.4. The Hall–Kier alpha value is -3.62. The third-order valence-corrected chi connectivity index (χ3v) is 8.54. The summed E-state index contributed by atoms with van der Waals surface area (Å²) in [7, 11) is 1.71. The standard InChI is InChI=1S/C33H36F3N3O2/c1-37(28-13-8-16-38(29(18-28)20-34)21-24-9-4-2-5-10-24)32(41)39-22-25(30-17-27(35)14-15-31(30)36)19-33(39,23-40)26-11-6-3-7-12-26/h2-7,9-12,14-15,17,19,28-29,40H,8,13,16,18,20-23H2,1H3/t28?,29?,33-/m1/s1. The van der Waals surface area contributed by atoms with Gasteiger partial charge in [0.1, 0.15) is 23.8 Å². The highest BCUT2D eigenvalue weighted by Crippen LogP contribution is 2.41. The van der Waals surface area contributed by atoms with E-state index in [9.17, 15) is 23.1 Å². The first-order valence-corrected chi connectivity index (χ1v) is 14.1. The molecule has 2 heterocycles. The number of hydrogen-bond acceptors (Lipinski definition) is 3. The minimum atomic E-state index is -1.27. The number of urea groups is 1. The third kappa shape index (κ3) is 5.90. The Labute approximate surface area is 239 Å². The zero-order chi connectivity index (χ0) is 29.0. The van der Waals surface area contributed by atoms with E-state index in [0.29, 0.717) is 30.5 Å². The van der Waals surface area contributed by atoms with Gasteiger partial charge in [-0.2, -0.15) is 0 Å². The monoisotopic (exact) mass is 563 g/mol. The number of amides is 2. The lowest BCUT2D eigenvalue weighted by Crippen LogP contribution is -2.54. The number of likely N-dealkylation sites (tertiary alicyclic amines) is 1. The normalized spacial score (nSPS) is 23.2. The van der Waals surface area contributed by atoms with E-state index in [1.165, 1.54) is 4.90 Å². The van der Waals surface area contributed by atoms with E-state index in [1.807, 2.05) is 60.7 Å². The molecule has 1 N–H and O–H groups in total. The van der Waals surface area contributed by atoms with E-state index in [0.717, 1.165) is 36.7 Å².